The first-order valence-electron chi connectivity index (χ1n) is 5.28. The minimum Gasteiger partial charge on any atom is -0.207 e. The molecular weight excluding hydrogens is 187 g/mol. The summed E-state index contributed by atoms with van der Waals surface area (Å²) in [5.74, 6) is 6.44. The summed E-state index contributed by atoms with van der Waals surface area (Å²) in [7, 11) is 0. The van der Waals surface area contributed by atoms with E-state index in [-0.39, 0.29) is 5.82 Å². The first-order valence-corrected chi connectivity index (χ1v) is 5.28. The summed E-state index contributed by atoms with van der Waals surface area (Å²) in [5.41, 5.74) is 0.885. The summed E-state index contributed by atoms with van der Waals surface area (Å²) >= 11 is 0. The SMILES string of the molecule is Fc1ccc(C#C[C@@H]2C=CCCC2)cc1. The van der Waals surface area contributed by atoms with Crippen molar-refractivity contribution < 1.29 is 4.39 Å². The molecule has 0 unspecified atom stereocenters. The van der Waals surface area contributed by atoms with Crippen LogP contribution in [0.5, 0.6) is 0 Å². The molecule has 15 heavy (non-hydrogen) atoms. The molecule has 1 aromatic rings. The third kappa shape index (κ3) is 2.95. The molecule has 0 N–H and O–H groups in total. The molecule has 0 aliphatic heterocycles. The molecule has 0 saturated heterocycles. The topological polar surface area (TPSA) is 0 Å². The number of allylic oxidation sites excluding steroid dienone is 2. The Balaban J connectivity index is 2.07. The van der Waals surface area contributed by atoms with Gasteiger partial charge in [-0.25, -0.2) is 4.39 Å². The molecule has 0 spiro atoms. The number of hydrogen-bond donors (Lipinski definition) is 0. The molecule has 0 nitrogen and oxygen atoms in total. The lowest BCUT2D eigenvalue weighted by molar-refractivity contribution is 0.627. The minimum atomic E-state index is -0.210. The molecule has 0 fully saturated rings. The van der Waals surface area contributed by atoms with Crippen LogP contribution in [-0.4, -0.2) is 0 Å². The van der Waals surface area contributed by atoms with Crippen LogP contribution in [-0.2, 0) is 0 Å². The zero-order valence-electron chi connectivity index (χ0n) is 8.54. The second-order valence-corrected chi connectivity index (χ2v) is 3.74. The summed E-state index contributed by atoms with van der Waals surface area (Å²) in [6.45, 7) is 0. The van der Waals surface area contributed by atoms with Gasteiger partial charge in [0.25, 0.3) is 0 Å². The second-order valence-electron chi connectivity index (χ2n) is 3.74. The van der Waals surface area contributed by atoms with Gasteiger partial charge in [-0.05, 0) is 43.5 Å². The Labute approximate surface area is 89.8 Å². The Morgan fingerprint density at radius 2 is 2.00 bits per heavy atom. The van der Waals surface area contributed by atoms with E-state index in [9.17, 15) is 4.39 Å². The van der Waals surface area contributed by atoms with E-state index in [0.29, 0.717) is 5.92 Å². The maximum absolute atomic E-state index is 12.6. The van der Waals surface area contributed by atoms with Gasteiger partial charge in [-0.15, -0.1) is 0 Å². The van der Waals surface area contributed by atoms with E-state index in [1.165, 1.54) is 25.0 Å². The highest BCUT2D eigenvalue weighted by Crippen LogP contribution is 2.15. The lowest BCUT2D eigenvalue weighted by Crippen LogP contribution is -1.96. The van der Waals surface area contributed by atoms with Gasteiger partial charge in [-0.1, -0.05) is 24.0 Å². The van der Waals surface area contributed by atoms with Crippen molar-refractivity contribution in [1.82, 2.24) is 0 Å². The van der Waals surface area contributed by atoms with Gasteiger partial charge in [0, 0.05) is 11.5 Å². The van der Waals surface area contributed by atoms with E-state index in [4.69, 9.17) is 0 Å². The van der Waals surface area contributed by atoms with Crippen LogP contribution in [0.1, 0.15) is 24.8 Å². The van der Waals surface area contributed by atoms with Gasteiger partial charge in [0.15, 0.2) is 0 Å². The molecule has 1 heteroatoms. The van der Waals surface area contributed by atoms with Gasteiger partial charge in [0.2, 0.25) is 0 Å². The zero-order chi connectivity index (χ0) is 10.5. The Morgan fingerprint density at radius 1 is 1.20 bits per heavy atom. The molecule has 1 aromatic carbocycles. The second kappa shape index (κ2) is 4.79. The number of halogens is 1. The fourth-order valence-electron chi connectivity index (χ4n) is 1.64. The van der Waals surface area contributed by atoms with Crippen LogP contribution >= 0.6 is 0 Å². The molecule has 1 aliphatic carbocycles. The number of hydrogen-bond acceptors (Lipinski definition) is 0. The predicted molar refractivity (Wildman–Crippen MR) is 59.8 cm³/mol. The van der Waals surface area contributed by atoms with Crippen molar-refractivity contribution in [2.75, 3.05) is 0 Å². The maximum atomic E-state index is 12.6. The third-order valence-corrected chi connectivity index (χ3v) is 2.50. The average molecular weight is 200 g/mol. The van der Waals surface area contributed by atoms with Gasteiger partial charge < -0.3 is 0 Å². The van der Waals surface area contributed by atoms with Crippen LogP contribution in [0, 0.1) is 23.6 Å². The van der Waals surface area contributed by atoms with Crippen molar-refractivity contribution in [3.05, 3.63) is 47.8 Å². The van der Waals surface area contributed by atoms with Crippen molar-refractivity contribution in [2.24, 2.45) is 5.92 Å². The molecule has 0 amide bonds. The van der Waals surface area contributed by atoms with Crippen molar-refractivity contribution >= 4 is 0 Å². The fourth-order valence-corrected chi connectivity index (χ4v) is 1.64. The highest BCUT2D eigenvalue weighted by Gasteiger charge is 2.03. The fraction of sp³-hybridized carbons (Fsp3) is 0.286. The average Bonchev–Trinajstić information content (AvgIpc) is 2.30. The van der Waals surface area contributed by atoms with E-state index in [2.05, 4.69) is 24.0 Å². The highest BCUT2D eigenvalue weighted by molar-refractivity contribution is 5.35. The van der Waals surface area contributed by atoms with Gasteiger partial charge in [0.1, 0.15) is 5.82 Å². The molecule has 0 saturated carbocycles. The zero-order valence-corrected chi connectivity index (χ0v) is 8.54. The summed E-state index contributed by atoms with van der Waals surface area (Å²) in [5, 5.41) is 0. The molecule has 0 heterocycles. The molecule has 0 bridgehead atoms. The van der Waals surface area contributed by atoms with E-state index >= 15 is 0 Å². The lowest BCUT2D eigenvalue weighted by Gasteiger charge is -2.08. The smallest absolute Gasteiger partial charge is 0.123 e. The van der Waals surface area contributed by atoms with Crippen molar-refractivity contribution in [3.8, 4) is 11.8 Å². The standard InChI is InChI=1S/C14H13F/c15-14-10-8-13(9-11-14)7-6-12-4-2-1-3-5-12/h2,4,8-12H,1,3,5H2/t12-/m1/s1. The van der Waals surface area contributed by atoms with Crippen LogP contribution < -0.4 is 0 Å². The van der Waals surface area contributed by atoms with Gasteiger partial charge >= 0.3 is 0 Å². The van der Waals surface area contributed by atoms with E-state index < -0.39 is 0 Å². The molecule has 1 atom stereocenters. The van der Waals surface area contributed by atoms with Gasteiger partial charge in [-0.2, -0.15) is 0 Å². The predicted octanol–water partition coefficient (Wildman–Crippen LogP) is 3.53. The Kier molecular flexibility index (Phi) is 3.19. The lowest BCUT2D eigenvalue weighted by atomic mass is 9.96. The normalized spacial score (nSPS) is 19.4. The minimum absolute atomic E-state index is 0.210. The Hall–Kier alpha value is -1.55. The van der Waals surface area contributed by atoms with Crippen LogP contribution in [0.4, 0.5) is 4.39 Å². The van der Waals surface area contributed by atoms with E-state index in [0.717, 1.165) is 12.0 Å². The molecule has 0 radical (unpaired) electrons. The summed E-state index contributed by atoms with van der Waals surface area (Å²) in [4.78, 5) is 0. The highest BCUT2D eigenvalue weighted by atomic mass is 19.1. The monoisotopic (exact) mass is 200 g/mol. The van der Waals surface area contributed by atoms with E-state index in [1.54, 1.807) is 12.1 Å². The van der Waals surface area contributed by atoms with E-state index in [1.807, 2.05) is 0 Å². The summed E-state index contributed by atoms with van der Waals surface area (Å²) in [6.07, 6.45) is 7.90. The van der Waals surface area contributed by atoms with Gasteiger partial charge in [-0.3, -0.25) is 0 Å². The number of rotatable bonds is 0. The van der Waals surface area contributed by atoms with Crippen LogP contribution in [0.15, 0.2) is 36.4 Å². The molecule has 1 aliphatic rings. The van der Waals surface area contributed by atoms with Crippen molar-refractivity contribution in [3.63, 3.8) is 0 Å². The maximum Gasteiger partial charge on any atom is 0.123 e. The number of benzene rings is 1. The van der Waals surface area contributed by atoms with Crippen molar-refractivity contribution in [2.45, 2.75) is 19.3 Å². The first kappa shape index (κ1) is 9.98. The van der Waals surface area contributed by atoms with Crippen molar-refractivity contribution in [1.29, 1.82) is 0 Å². The third-order valence-electron chi connectivity index (χ3n) is 2.50. The van der Waals surface area contributed by atoms with Gasteiger partial charge in [0.05, 0.1) is 0 Å². The Bertz CT molecular complexity index is 403. The molecule has 2 rings (SSSR count). The summed E-state index contributed by atoms with van der Waals surface area (Å²) in [6, 6.07) is 6.32. The molecule has 0 aromatic heterocycles. The summed E-state index contributed by atoms with van der Waals surface area (Å²) < 4.78 is 12.6. The van der Waals surface area contributed by atoms with Crippen LogP contribution in [0.3, 0.4) is 0 Å². The molecule has 76 valence electrons. The van der Waals surface area contributed by atoms with Crippen LogP contribution in [0.2, 0.25) is 0 Å². The largest absolute Gasteiger partial charge is 0.207 e. The Morgan fingerprint density at radius 3 is 2.67 bits per heavy atom. The quantitative estimate of drug-likeness (QED) is 0.444. The first-order chi connectivity index (χ1) is 7.34. The molecular formula is C14H13F. The van der Waals surface area contributed by atoms with Crippen LogP contribution in [0.25, 0.3) is 0 Å².